The minimum absolute atomic E-state index is 0.190. The molecule has 0 radical (unpaired) electrons. The maximum atomic E-state index is 11.3. The van der Waals surface area contributed by atoms with Crippen molar-refractivity contribution in [3.8, 4) is 12.3 Å². The minimum Gasteiger partial charge on any atom is -0.315 e. The average molecular weight is 203 g/mol. The van der Waals surface area contributed by atoms with Crippen molar-refractivity contribution in [2.45, 2.75) is 25.5 Å². The van der Waals surface area contributed by atoms with Crippen molar-refractivity contribution in [1.29, 1.82) is 0 Å². The maximum Gasteiger partial charge on any atom is 0.153 e. The first kappa shape index (κ1) is 12.5. The zero-order valence-electron chi connectivity index (χ0n) is 8.21. The third-order valence-corrected chi connectivity index (χ3v) is 3.94. The molecule has 4 heteroatoms. The number of rotatable bonds is 6. The lowest BCUT2D eigenvalue weighted by Gasteiger charge is -2.07. The Hall–Kier alpha value is -0.530. The molecule has 3 nitrogen and oxygen atoms in total. The van der Waals surface area contributed by atoms with E-state index in [1.807, 2.05) is 0 Å². The molecule has 0 aliphatic heterocycles. The standard InChI is InChI=1S/C9H17NO2S/c1-4-5-6-10-7-8-13(11,12)9(2)3/h1,9-10H,5-8H2,2-3H3. The number of terminal acetylenes is 1. The van der Waals surface area contributed by atoms with Crippen LogP contribution in [0.3, 0.4) is 0 Å². The molecule has 1 N–H and O–H groups in total. The summed E-state index contributed by atoms with van der Waals surface area (Å²) in [5, 5.41) is 2.69. The summed E-state index contributed by atoms with van der Waals surface area (Å²) >= 11 is 0. The zero-order chi connectivity index (χ0) is 10.3. The summed E-state index contributed by atoms with van der Waals surface area (Å²) in [7, 11) is -2.90. The Balaban J connectivity index is 3.61. The molecule has 0 aromatic carbocycles. The van der Waals surface area contributed by atoms with E-state index in [1.165, 1.54) is 0 Å². The van der Waals surface area contributed by atoms with E-state index in [0.29, 0.717) is 19.5 Å². The van der Waals surface area contributed by atoms with E-state index >= 15 is 0 Å². The summed E-state index contributed by atoms with van der Waals surface area (Å²) in [6, 6.07) is 0. The quantitative estimate of drug-likeness (QED) is 0.503. The van der Waals surface area contributed by atoms with Gasteiger partial charge in [-0.25, -0.2) is 8.42 Å². The van der Waals surface area contributed by atoms with E-state index < -0.39 is 9.84 Å². The van der Waals surface area contributed by atoms with Gasteiger partial charge in [-0.1, -0.05) is 0 Å². The van der Waals surface area contributed by atoms with Crippen LogP contribution in [0.1, 0.15) is 20.3 Å². The van der Waals surface area contributed by atoms with E-state index in [0.717, 1.165) is 0 Å². The molecular formula is C9H17NO2S. The second-order valence-electron chi connectivity index (χ2n) is 3.12. The Morgan fingerprint density at radius 3 is 2.46 bits per heavy atom. The van der Waals surface area contributed by atoms with Crippen LogP contribution in [-0.4, -0.2) is 32.5 Å². The predicted octanol–water partition coefficient (Wildman–Crippen LogP) is 0.422. The van der Waals surface area contributed by atoms with Crippen LogP contribution in [0.15, 0.2) is 0 Å². The molecule has 0 amide bonds. The average Bonchev–Trinajstić information content (AvgIpc) is 2.03. The van der Waals surface area contributed by atoms with Gasteiger partial charge in [0.1, 0.15) is 0 Å². The van der Waals surface area contributed by atoms with Crippen LogP contribution in [-0.2, 0) is 9.84 Å². The molecule has 0 atom stereocenters. The fraction of sp³-hybridized carbons (Fsp3) is 0.778. The third kappa shape index (κ3) is 5.67. The van der Waals surface area contributed by atoms with Gasteiger partial charge >= 0.3 is 0 Å². The van der Waals surface area contributed by atoms with Crippen LogP contribution in [0.25, 0.3) is 0 Å². The highest BCUT2D eigenvalue weighted by Gasteiger charge is 2.14. The molecule has 0 unspecified atom stereocenters. The van der Waals surface area contributed by atoms with Gasteiger partial charge in [-0.3, -0.25) is 0 Å². The molecule has 0 aliphatic carbocycles. The van der Waals surface area contributed by atoms with Crippen LogP contribution >= 0.6 is 0 Å². The fourth-order valence-corrected chi connectivity index (χ4v) is 1.64. The molecule has 0 rings (SSSR count). The number of hydrogen-bond donors (Lipinski definition) is 1. The van der Waals surface area contributed by atoms with Crippen molar-refractivity contribution in [3.05, 3.63) is 0 Å². The topological polar surface area (TPSA) is 46.2 Å². The number of nitrogens with one attached hydrogen (secondary N) is 1. The van der Waals surface area contributed by atoms with E-state index in [1.54, 1.807) is 13.8 Å². The molecule has 0 aliphatic rings. The molecule has 76 valence electrons. The van der Waals surface area contributed by atoms with Crippen LogP contribution in [0.4, 0.5) is 0 Å². The van der Waals surface area contributed by atoms with Crippen molar-refractivity contribution < 1.29 is 8.42 Å². The Kier molecular flexibility index (Phi) is 5.76. The van der Waals surface area contributed by atoms with Crippen LogP contribution in [0, 0.1) is 12.3 Å². The van der Waals surface area contributed by atoms with Crippen molar-refractivity contribution in [1.82, 2.24) is 5.32 Å². The summed E-state index contributed by atoms with van der Waals surface area (Å²) in [6.07, 6.45) is 5.68. The highest BCUT2D eigenvalue weighted by atomic mass is 32.2. The van der Waals surface area contributed by atoms with Gasteiger partial charge in [0.2, 0.25) is 0 Å². The van der Waals surface area contributed by atoms with Crippen LogP contribution < -0.4 is 5.32 Å². The molecule has 0 bridgehead atoms. The molecule has 0 spiro atoms. The van der Waals surface area contributed by atoms with E-state index in [-0.39, 0.29) is 11.0 Å². The molecule has 0 fully saturated rings. The monoisotopic (exact) mass is 203 g/mol. The highest BCUT2D eigenvalue weighted by Crippen LogP contribution is 1.98. The van der Waals surface area contributed by atoms with E-state index in [2.05, 4.69) is 11.2 Å². The second-order valence-corrected chi connectivity index (χ2v) is 5.80. The maximum absolute atomic E-state index is 11.3. The van der Waals surface area contributed by atoms with Gasteiger partial charge in [-0.2, -0.15) is 0 Å². The lowest BCUT2D eigenvalue weighted by Crippen LogP contribution is -2.27. The largest absolute Gasteiger partial charge is 0.315 e. The van der Waals surface area contributed by atoms with Crippen LogP contribution in [0.5, 0.6) is 0 Å². The van der Waals surface area contributed by atoms with E-state index in [9.17, 15) is 8.42 Å². The summed E-state index contributed by atoms with van der Waals surface area (Å²) in [6.45, 7) is 4.56. The van der Waals surface area contributed by atoms with Crippen LogP contribution in [0.2, 0.25) is 0 Å². The molecule has 0 aromatic heterocycles. The minimum atomic E-state index is -2.90. The Morgan fingerprint density at radius 2 is 2.00 bits per heavy atom. The summed E-state index contributed by atoms with van der Waals surface area (Å²) < 4.78 is 22.6. The smallest absolute Gasteiger partial charge is 0.153 e. The van der Waals surface area contributed by atoms with Gasteiger partial charge in [0.15, 0.2) is 9.84 Å². The first-order valence-electron chi connectivity index (χ1n) is 4.36. The van der Waals surface area contributed by atoms with Gasteiger partial charge in [-0.05, 0) is 13.8 Å². The SMILES string of the molecule is C#CCCNCCS(=O)(=O)C(C)C. The summed E-state index contributed by atoms with van der Waals surface area (Å²) in [5.41, 5.74) is 0. The predicted molar refractivity (Wildman–Crippen MR) is 55.2 cm³/mol. The van der Waals surface area contributed by atoms with Crippen molar-refractivity contribution in [3.63, 3.8) is 0 Å². The van der Waals surface area contributed by atoms with Gasteiger partial charge in [0, 0.05) is 19.5 Å². The molecule has 0 heterocycles. The third-order valence-electron chi connectivity index (χ3n) is 1.73. The first-order valence-corrected chi connectivity index (χ1v) is 6.08. The zero-order valence-corrected chi connectivity index (χ0v) is 9.02. The Morgan fingerprint density at radius 1 is 1.38 bits per heavy atom. The normalized spacial score (nSPS) is 11.5. The van der Waals surface area contributed by atoms with Crippen molar-refractivity contribution >= 4 is 9.84 Å². The molecule has 13 heavy (non-hydrogen) atoms. The van der Waals surface area contributed by atoms with Crippen molar-refractivity contribution in [2.75, 3.05) is 18.8 Å². The molecule has 0 saturated carbocycles. The Bertz CT molecular complexity index is 262. The van der Waals surface area contributed by atoms with E-state index in [4.69, 9.17) is 6.42 Å². The van der Waals surface area contributed by atoms with Gasteiger partial charge in [0.05, 0.1) is 11.0 Å². The lowest BCUT2D eigenvalue weighted by atomic mass is 10.4. The Labute approximate surface area is 80.8 Å². The summed E-state index contributed by atoms with van der Waals surface area (Å²) in [5.74, 6) is 2.67. The first-order chi connectivity index (χ1) is 6.00. The van der Waals surface area contributed by atoms with Gasteiger partial charge in [0.25, 0.3) is 0 Å². The van der Waals surface area contributed by atoms with Gasteiger partial charge < -0.3 is 5.32 Å². The second kappa shape index (κ2) is 6.01. The molecule has 0 aromatic rings. The number of sulfone groups is 1. The highest BCUT2D eigenvalue weighted by molar-refractivity contribution is 7.92. The van der Waals surface area contributed by atoms with Gasteiger partial charge in [-0.15, -0.1) is 12.3 Å². The molecule has 0 saturated heterocycles. The lowest BCUT2D eigenvalue weighted by molar-refractivity contribution is 0.582. The number of hydrogen-bond acceptors (Lipinski definition) is 3. The van der Waals surface area contributed by atoms with Crippen molar-refractivity contribution in [2.24, 2.45) is 0 Å². The fourth-order valence-electron chi connectivity index (χ4n) is 0.736. The molecular weight excluding hydrogens is 186 g/mol. The summed E-state index contributed by atoms with van der Waals surface area (Å²) in [4.78, 5) is 0.